The molecule has 5 heterocycles. The number of furan rings is 1. The van der Waals surface area contributed by atoms with Crippen LogP contribution in [0.1, 0.15) is 12.8 Å². The van der Waals surface area contributed by atoms with Gasteiger partial charge in [0, 0.05) is 51.9 Å². The minimum absolute atomic E-state index is 0. The molecule has 4 aromatic rings. The van der Waals surface area contributed by atoms with E-state index in [1.165, 1.54) is 10.6 Å². The Morgan fingerprint density at radius 3 is 2.68 bits per heavy atom. The molecule has 2 fully saturated rings. The monoisotopic (exact) mass is 587 g/mol. The quantitative estimate of drug-likeness (QED) is 0.311. The van der Waals surface area contributed by atoms with Gasteiger partial charge in [0.1, 0.15) is 11.6 Å². The minimum atomic E-state index is -1.10. The van der Waals surface area contributed by atoms with Gasteiger partial charge >= 0.3 is 5.97 Å². The molecular formula is C26H31ClFN9O4. The van der Waals surface area contributed by atoms with Crippen LogP contribution in [0.3, 0.4) is 0 Å². The Balaban J connectivity index is 0.00000337. The second-order valence-corrected chi connectivity index (χ2v) is 10.0. The Bertz CT molecular complexity index is 1490. The standard InChI is InChI=1S/C26H30FN9O4.ClH/c27-19-13-18(40-16-22(37)38)5-6-20(19)34-10-8-33(9-11-34)14-17-3-1-7-35(15-17)25-30-24(28)36-26(31-25)29-23(32-36)21-4-2-12-39-21;/h2,4-6,12-13,17H,1,3,7-11,14-16H2,(H,37,38)(H2,28,29,30,31,32);1H/t17-;/m0./s1. The molecule has 0 saturated carbocycles. The van der Waals surface area contributed by atoms with Crippen molar-refractivity contribution in [1.29, 1.82) is 0 Å². The third kappa shape index (κ3) is 6.28. The van der Waals surface area contributed by atoms with Gasteiger partial charge in [0.05, 0.1) is 12.0 Å². The van der Waals surface area contributed by atoms with Gasteiger partial charge in [-0.1, -0.05) is 0 Å². The van der Waals surface area contributed by atoms with Crippen molar-refractivity contribution >= 4 is 41.7 Å². The number of carbonyl (C=O) groups is 1. The number of fused-ring (bicyclic) bond motifs is 1. The fraction of sp³-hybridized carbons (Fsp3) is 0.423. The summed E-state index contributed by atoms with van der Waals surface area (Å²) in [5.74, 6) is 1.20. The van der Waals surface area contributed by atoms with E-state index < -0.39 is 18.4 Å². The number of nitrogens with zero attached hydrogens (tertiary/aromatic N) is 8. The Labute approximate surface area is 241 Å². The summed E-state index contributed by atoms with van der Waals surface area (Å²) in [6, 6.07) is 8.04. The molecule has 15 heteroatoms. The van der Waals surface area contributed by atoms with Crippen molar-refractivity contribution in [3.05, 3.63) is 42.4 Å². The Morgan fingerprint density at radius 2 is 1.95 bits per heavy atom. The van der Waals surface area contributed by atoms with Gasteiger partial charge in [-0.25, -0.2) is 9.18 Å². The van der Waals surface area contributed by atoms with Gasteiger partial charge in [0.15, 0.2) is 12.4 Å². The van der Waals surface area contributed by atoms with Crippen molar-refractivity contribution < 1.29 is 23.4 Å². The molecule has 2 aliphatic heterocycles. The van der Waals surface area contributed by atoms with Crippen LogP contribution in [0.15, 0.2) is 41.0 Å². The van der Waals surface area contributed by atoms with E-state index in [2.05, 4.69) is 29.9 Å². The summed E-state index contributed by atoms with van der Waals surface area (Å²) in [4.78, 5) is 30.9. The number of carboxylic acid groups (broad SMARTS) is 1. The molecule has 2 saturated heterocycles. The first-order valence-corrected chi connectivity index (χ1v) is 13.2. The lowest BCUT2D eigenvalue weighted by atomic mass is 9.97. The van der Waals surface area contributed by atoms with Crippen LogP contribution >= 0.6 is 12.4 Å². The number of aromatic nitrogens is 5. The van der Waals surface area contributed by atoms with Crippen molar-refractivity contribution in [2.24, 2.45) is 5.92 Å². The number of benzene rings is 1. The summed E-state index contributed by atoms with van der Waals surface area (Å²) in [5.41, 5.74) is 6.70. The van der Waals surface area contributed by atoms with E-state index in [0.29, 0.717) is 48.0 Å². The molecule has 3 N–H and O–H groups in total. The molecule has 1 aromatic carbocycles. The van der Waals surface area contributed by atoms with E-state index in [0.717, 1.165) is 45.6 Å². The first-order chi connectivity index (χ1) is 19.4. The normalized spacial score (nSPS) is 17.9. The van der Waals surface area contributed by atoms with Crippen LogP contribution in [-0.2, 0) is 4.79 Å². The number of hydrogen-bond acceptors (Lipinski definition) is 11. The van der Waals surface area contributed by atoms with Gasteiger partial charge in [-0.2, -0.15) is 19.5 Å². The molecule has 1 atom stereocenters. The molecule has 41 heavy (non-hydrogen) atoms. The lowest BCUT2D eigenvalue weighted by Gasteiger charge is -2.40. The summed E-state index contributed by atoms with van der Waals surface area (Å²) in [6.45, 7) is 5.10. The fourth-order valence-electron chi connectivity index (χ4n) is 5.36. The van der Waals surface area contributed by atoms with Crippen molar-refractivity contribution in [1.82, 2.24) is 29.5 Å². The summed E-state index contributed by atoms with van der Waals surface area (Å²) in [5, 5.41) is 13.1. The number of halogens is 2. The molecule has 0 aliphatic carbocycles. The highest BCUT2D eigenvalue weighted by Crippen LogP contribution is 2.27. The zero-order valence-corrected chi connectivity index (χ0v) is 23.0. The summed E-state index contributed by atoms with van der Waals surface area (Å²) in [7, 11) is 0. The van der Waals surface area contributed by atoms with Crippen LogP contribution in [0, 0.1) is 11.7 Å². The molecule has 13 nitrogen and oxygen atoms in total. The van der Waals surface area contributed by atoms with Crippen LogP contribution in [0.4, 0.5) is 22.0 Å². The van der Waals surface area contributed by atoms with Gasteiger partial charge in [-0.05, 0) is 43.0 Å². The summed E-state index contributed by atoms with van der Waals surface area (Å²) >= 11 is 0. The van der Waals surface area contributed by atoms with Crippen LogP contribution in [0.5, 0.6) is 5.75 Å². The fourth-order valence-corrected chi connectivity index (χ4v) is 5.36. The zero-order valence-electron chi connectivity index (χ0n) is 22.2. The van der Waals surface area contributed by atoms with E-state index in [1.807, 2.05) is 4.90 Å². The highest BCUT2D eigenvalue weighted by atomic mass is 35.5. The summed E-state index contributed by atoms with van der Waals surface area (Å²) in [6.07, 6.45) is 3.69. The van der Waals surface area contributed by atoms with E-state index in [4.69, 9.17) is 20.0 Å². The van der Waals surface area contributed by atoms with E-state index in [-0.39, 0.29) is 24.1 Å². The highest BCUT2D eigenvalue weighted by molar-refractivity contribution is 5.85. The average molecular weight is 588 g/mol. The maximum atomic E-state index is 14.7. The largest absolute Gasteiger partial charge is 0.482 e. The SMILES string of the molecule is Cl.Nc1nc(N2CCC[C@@H](CN3CCN(c4ccc(OCC(=O)O)cc4F)CC3)C2)nc2nc(-c3ccco3)nn12. The highest BCUT2D eigenvalue weighted by Gasteiger charge is 2.27. The van der Waals surface area contributed by atoms with Crippen LogP contribution in [0.2, 0.25) is 0 Å². The topological polar surface area (TPSA) is 151 Å². The third-order valence-corrected chi connectivity index (χ3v) is 7.28. The molecular weight excluding hydrogens is 557 g/mol. The van der Waals surface area contributed by atoms with Crippen molar-refractivity contribution in [3.63, 3.8) is 0 Å². The third-order valence-electron chi connectivity index (χ3n) is 7.28. The molecule has 0 spiro atoms. The maximum Gasteiger partial charge on any atom is 0.341 e. The minimum Gasteiger partial charge on any atom is -0.482 e. The average Bonchev–Trinajstić information content (AvgIpc) is 3.63. The lowest BCUT2D eigenvalue weighted by molar-refractivity contribution is -0.139. The number of piperazine rings is 1. The second-order valence-electron chi connectivity index (χ2n) is 10.0. The van der Waals surface area contributed by atoms with Crippen LogP contribution in [-0.4, -0.2) is 93.0 Å². The number of nitrogens with two attached hydrogens (primary N) is 1. The van der Waals surface area contributed by atoms with Crippen molar-refractivity contribution in [2.75, 3.05) is 68.0 Å². The molecule has 3 aromatic heterocycles. The Hall–Kier alpha value is -4.17. The Kier molecular flexibility index (Phi) is 8.40. The number of piperidine rings is 1. The summed E-state index contributed by atoms with van der Waals surface area (Å²) < 4.78 is 26.6. The molecule has 0 amide bonds. The van der Waals surface area contributed by atoms with Gasteiger partial charge in [0.25, 0.3) is 5.78 Å². The van der Waals surface area contributed by atoms with Crippen molar-refractivity contribution in [2.45, 2.75) is 12.8 Å². The molecule has 6 rings (SSSR count). The van der Waals surface area contributed by atoms with Gasteiger partial charge in [-0.3, -0.25) is 4.90 Å². The maximum absolute atomic E-state index is 14.7. The molecule has 218 valence electrons. The molecule has 0 radical (unpaired) electrons. The van der Waals surface area contributed by atoms with Gasteiger partial charge in [-0.15, -0.1) is 17.5 Å². The lowest BCUT2D eigenvalue weighted by Crippen LogP contribution is -2.50. The van der Waals surface area contributed by atoms with Gasteiger partial charge < -0.3 is 29.8 Å². The first-order valence-electron chi connectivity index (χ1n) is 13.2. The predicted octanol–water partition coefficient (Wildman–Crippen LogP) is 2.42. The number of ether oxygens (including phenoxy) is 1. The number of carboxylic acids is 1. The molecule has 0 unspecified atom stereocenters. The zero-order chi connectivity index (χ0) is 27.6. The number of rotatable bonds is 8. The smallest absolute Gasteiger partial charge is 0.341 e. The molecule has 2 aliphatic rings. The second kappa shape index (κ2) is 12.1. The van der Waals surface area contributed by atoms with Crippen molar-refractivity contribution in [3.8, 4) is 17.3 Å². The molecule has 0 bridgehead atoms. The first kappa shape index (κ1) is 28.4. The number of aliphatic carboxylic acids is 1. The Morgan fingerprint density at radius 1 is 1.12 bits per heavy atom. The number of hydrogen-bond donors (Lipinski definition) is 2. The van der Waals surface area contributed by atoms with Gasteiger partial charge in [0.2, 0.25) is 17.7 Å². The van der Waals surface area contributed by atoms with E-state index >= 15 is 0 Å². The van der Waals surface area contributed by atoms with Crippen LogP contribution in [0.25, 0.3) is 17.4 Å². The number of nitrogen functional groups attached to an aromatic ring is 1. The number of anilines is 3. The van der Waals surface area contributed by atoms with E-state index in [9.17, 15) is 9.18 Å². The van der Waals surface area contributed by atoms with Crippen LogP contribution < -0.4 is 20.3 Å². The van der Waals surface area contributed by atoms with E-state index in [1.54, 1.807) is 30.5 Å². The predicted molar refractivity (Wildman–Crippen MR) is 151 cm³/mol.